The Kier molecular flexibility index (Phi) is 2.04. The molecule has 0 atom stereocenters. The van der Waals surface area contributed by atoms with Crippen LogP contribution >= 0.6 is 0 Å². The molecule has 3 rings (SSSR count). The van der Waals surface area contributed by atoms with Gasteiger partial charge in [-0.25, -0.2) is 4.98 Å². The van der Waals surface area contributed by atoms with Gasteiger partial charge in [-0.05, 0) is 43.4 Å². The van der Waals surface area contributed by atoms with E-state index in [-0.39, 0.29) is 5.54 Å². The highest BCUT2D eigenvalue weighted by atomic mass is 15.0. The number of nitrogens with one attached hydrogen (secondary N) is 1. The van der Waals surface area contributed by atoms with Gasteiger partial charge in [0.1, 0.15) is 5.82 Å². The summed E-state index contributed by atoms with van der Waals surface area (Å²) in [6.45, 7) is 2.16. The summed E-state index contributed by atoms with van der Waals surface area (Å²) in [5.74, 6) is 0.960. The van der Waals surface area contributed by atoms with Crippen molar-refractivity contribution in [2.24, 2.45) is 5.73 Å². The molecule has 1 saturated carbocycles. The summed E-state index contributed by atoms with van der Waals surface area (Å²) in [6, 6.07) is 6.39. The number of H-pyrrole nitrogens is 1. The number of rotatable bonds is 2. The number of aromatic nitrogens is 2. The van der Waals surface area contributed by atoms with Crippen molar-refractivity contribution in [1.82, 2.24) is 9.97 Å². The Morgan fingerprint density at radius 3 is 2.88 bits per heavy atom. The highest BCUT2D eigenvalue weighted by Crippen LogP contribution is 2.37. The van der Waals surface area contributed by atoms with Gasteiger partial charge >= 0.3 is 0 Å². The number of nitrogens with two attached hydrogens (primary N) is 1. The van der Waals surface area contributed by atoms with Crippen molar-refractivity contribution in [3.8, 4) is 0 Å². The molecule has 16 heavy (non-hydrogen) atoms. The largest absolute Gasteiger partial charge is 0.340 e. The molecule has 1 aliphatic carbocycles. The van der Waals surface area contributed by atoms with Crippen molar-refractivity contribution in [3.05, 3.63) is 29.6 Å². The van der Waals surface area contributed by atoms with E-state index in [9.17, 15) is 0 Å². The molecular weight excluding hydrogens is 198 g/mol. The van der Waals surface area contributed by atoms with Crippen LogP contribution in [0.1, 0.15) is 37.6 Å². The van der Waals surface area contributed by atoms with Gasteiger partial charge in [0, 0.05) is 0 Å². The van der Waals surface area contributed by atoms with E-state index in [2.05, 4.69) is 35.1 Å². The lowest BCUT2D eigenvalue weighted by molar-refractivity contribution is 0.240. The summed E-state index contributed by atoms with van der Waals surface area (Å²) in [5, 5.41) is 0. The summed E-state index contributed by atoms with van der Waals surface area (Å²) in [6.07, 6.45) is 4.37. The van der Waals surface area contributed by atoms with Gasteiger partial charge in [0.2, 0.25) is 0 Å². The van der Waals surface area contributed by atoms with Crippen LogP contribution in [0.2, 0.25) is 0 Å². The minimum Gasteiger partial charge on any atom is -0.340 e. The van der Waals surface area contributed by atoms with E-state index in [1.54, 1.807) is 0 Å². The van der Waals surface area contributed by atoms with Crippen molar-refractivity contribution >= 4 is 11.0 Å². The van der Waals surface area contributed by atoms with Crippen molar-refractivity contribution in [2.75, 3.05) is 0 Å². The van der Waals surface area contributed by atoms with Gasteiger partial charge in [0.25, 0.3) is 0 Å². The van der Waals surface area contributed by atoms with Gasteiger partial charge in [-0.3, -0.25) is 0 Å². The molecule has 0 amide bonds. The van der Waals surface area contributed by atoms with Crippen LogP contribution < -0.4 is 5.73 Å². The lowest BCUT2D eigenvalue weighted by Crippen LogP contribution is -2.44. The van der Waals surface area contributed by atoms with Crippen LogP contribution in [-0.4, -0.2) is 9.97 Å². The predicted octanol–water partition coefficient (Wildman–Crippen LogP) is 2.46. The quantitative estimate of drug-likeness (QED) is 0.808. The topological polar surface area (TPSA) is 54.7 Å². The molecule has 84 valence electrons. The van der Waals surface area contributed by atoms with E-state index in [1.807, 2.05) is 0 Å². The lowest BCUT2D eigenvalue weighted by Gasteiger charge is -2.35. The number of fused-ring (bicyclic) bond motifs is 1. The van der Waals surface area contributed by atoms with Crippen molar-refractivity contribution in [1.29, 1.82) is 0 Å². The Morgan fingerprint density at radius 2 is 2.25 bits per heavy atom. The van der Waals surface area contributed by atoms with Crippen molar-refractivity contribution in [3.63, 3.8) is 0 Å². The number of aryl methyl sites for hydroxylation is 1. The van der Waals surface area contributed by atoms with Crippen LogP contribution in [-0.2, 0) is 12.0 Å². The normalized spacial score (nSPS) is 18.6. The fraction of sp³-hybridized carbons (Fsp3) is 0.462. The predicted molar refractivity (Wildman–Crippen MR) is 65.2 cm³/mol. The molecule has 1 fully saturated rings. The minimum absolute atomic E-state index is 0.189. The summed E-state index contributed by atoms with van der Waals surface area (Å²) in [4.78, 5) is 7.98. The Bertz CT molecular complexity index is 523. The standard InChI is InChI=1S/C13H17N3/c1-2-9-4-5-10-11(8-9)16-12(15-10)13(14)6-3-7-13/h4-5,8H,2-3,6-7,14H2,1H3,(H,15,16). The molecule has 1 aromatic heterocycles. The highest BCUT2D eigenvalue weighted by Gasteiger charge is 2.37. The first-order chi connectivity index (χ1) is 7.71. The van der Waals surface area contributed by atoms with Gasteiger partial charge in [-0.15, -0.1) is 0 Å². The molecule has 3 nitrogen and oxygen atoms in total. The molecule has 1 aliphatic rings. The SMILES string of the molecule is CCc1ccc2nc(C3(N)CCC3)[nH]c2c1. The molecule has 0 spiro atoms. The van der Waals surface area contributed by atoms with Crippen LogP contribution in [0.5, 0.6) is 0 Å². The van der Waals surface area contributed by atoms with E-state index in [1.165, 1.54) is 12.0 Å². The molecule has 0 saturated heterocycles. The molecule has 0 bridgehead atoms. The van der Waals surface area contributed by atoms with Gasteiger partial charge in [-0.1, -0.05) is 13.0 Å². The maximum Gasteiger partial charge on any atom is 0.127 e. The van der Waals surface area contributed by atoms with E-state index in [0.29, 0.717) is 0 Å². The third-order valence-corrected chi connectivity index (χ3v) is 3.67. The summed E-state index contributed by atoms with van der Waals surface area (Å²) >= 11 is 0. The maximum absolute atomic E-state index is 6.26. The molecule has 3 N–H and O–H groups in total. The van der Waals surface area contributed by atoms with Crippen LogP contribution in [0.15, 0.2) is 18.2 Å². The Labute approximate surface area is 95.1 Å². The summed E-state index contributed by atoms with van der Waals surface area (Å²) in [7, 11) is 0. The zero-order valence-corrected chi connectivity index (χ0v) is 9.59. The van der Waals surface area contributed by atoms with E-state index < -0.39 is 0 Å². The number of nitrogens with zero attached hydrogens (tertiary/aromatic N) is 1. The first kappa shape index (κ1) is 9.85. The first-order valence-corrected chi connectivity index (χ1v) is 5.99. The third kappa shape index (κ3) is 1.35. The van der Waals surface area contributed by atoms with Crippen LogP contribution in [0, 0.1) is 0 Å². The molecule has 0 unspecified atom stereocenters. The summed E-state index contributed by atoms with van der Waals surface area (Å²) < 4.78 is 0. The molecule has 0 aliphatic heterocycles. The van der Waals surface area contributed by atoms with Gasteiger partial charge < -0.3 is 10.7 Å². The fourth-order valence-electron chi connectivity index (χ4n) is 2.31. The van der Waals surface area contributed by atoms with E-state index >= 15 is 0 Å². The van der Waals surface area contributed by atoms with Gasteiger partial charge in [-0.2, -0.15) is 0 Å². The Balaban J connectivity index is 2.08. The third-order valence-electron chi connectivity index (χ3n) is 3.67. The van der Waals surface area contributed by atoms with Gasteiger partial charge in [0.05, 0.1) is 16.6 Å². The van der Waals surface area contributed by atoms with E-state index in [0.717, 1.165) is 36.1 Å². The number of hydrogen-bond acceptors (Lipinski definition) is 2. The van der Waals surface area contributed by atoms with E-state index in [4.69, 9.17) is 5.73 Å². The second kappa shape index (κ2) is 3.32. The molecule has 0 radical (unpaired) electrons. The number of imidazole rings is 1. The van der Waals surface area contributed by atoms with Crippen LogP contribution in [0.25, 0.3) is 11.0 Å². The second-order valence-corrected chi connectivity index (χ2v) is 4.80. The number of aromatic amines is 1. The first-order valence-electron chi connectivity index (χ1n) is 5.99. The van der Waals surface area contributed by atoms with Gasteiger partial charge in [0.15, 0.2) is 0 Å². The van der Waals surface area contributed by atoms with Crippen LogP contribution in [0.3, 0.4) is 0 Å². The minimum atomic E-state index is -0.189. The average Bonchev–Trinajstić information content (AvgIpc) is 2.68. The lowest BCUT2D eigenvalue weighted by atomic mass is 9.77. The Hall–Kier alpha value is -1.35. The van der Waals surface area contributed by atoms with Crippen LogP contribution in [0.4, 0.5) is 0 Å². The monoisotopic (exact) mass is 215 g/mol. The molecular formula is C13H17N3. The fourth-order valence-corrected chi connectivity index (χ4v) is 2.31. The van der Waals surface area contributed by atoms with Crippen molar-refractivity contribution < 1.29 is 0 Å². The zero-order chi connectivity index (χ0) is 11.2. The molecule has 3 heteroatoms. The Morgan fingerprint density at radius 1 is 1.44 bits per heavy atom. The number of hydrogen-bond donors (Lipinski definition) is 2. The van der Waals surface area contributed by atoms with Crippen molar-refractivity contribution in [2.45, 2.75) is 38.1 Å². The second-order valence-electron chi connectivity index (χ2n) is 4.80. The zero-order valence-electron chi connectivity index (χ0n) is 9.59. The number of benzene rings is 1. The molecule has 1 aromatic carbocycles. The summed E-state index contributed by atoms with van der Waals surface area (Å²) in [5.41, 5.74) is 9.56. The highest BCUT2D eigenvalue weighted by molar-refractivity contribution is 5.76. The smallest absolute Gasteiger partial charge is 0.127 e. The molecule has 2 aromatic rings. The maximum atomic E-state index is 6.26. The molecule has 1 heterocycles. The average molecular weight is 215 g/mol.